The van der Waals surface area contributed by atoms with Crippen molar-refractivity contribution in [2.45, 2.75) is 63.6 Å². The average Bonchev–Trinajstić information content (AvgIpc) is 3.04. The van der Waals surface area contributed by atoms with Crippen LogP contribution in [0.4, 0.5) is 4.79 Å². The van der Waals surface area contributed by atoms with Gasteiger partial charge < -0.3 is 18.9 Å². The van der Waals surface area contributed by atoms with Gasteiger partial charge in [0.2, 0.25) is 0 Å². The molecular formula is C18H23NO5. The van der Waals surface area contributed by atoms with E-state index in [4.69, 9.17) is 18.9 Å². The highest BCUT2D eigenvalue weighted by molar-refractivity contribution is 5.68. The number of fused-ring (bicyclic) bond motifs is 3. The molecule has 0 spiro atoms. The zero-order valence-corrected chi connectivity index (χ0v) is 14.0. The van der Waals surface area contributed by atoms with Crippen molar-refractivity contribution in [3.63, 3.8) is 0 Å². The number of nitrogens with zero attached hydrogens (tertiary/aromatic N) is 1. The summed E-state index contributed by atoms with van der Waals surface area (Å²) in [5.41, 5.74) is 0.974. The van der Waals surface area contributed by atoms with E-state index in [2.05, 4.69) is 0 Å². The number of amides is 1. The van der Waals surface area contributed by atoms with Gasteiger partial charge in [0.15, 0.2) is 12.1 Å². The molecule has 3 saturated heterocycles. The van der Waals surface area contributed by atoms with Gasteiger partial charge >= 0.3 is 6.09 Å². The van der Waals surface area contributed by atoms with Crippen LogP contribution in [0.25, 0.3) is 0 Å². The quantitative estimate of drug-likeness (QED) is 0.833. The lowest BCUT2D eigenvalue weighted by molar-refractivity contribution is -0.213. The lowest BCUT2D eigenvalue weighted by Gasteiger charge is -2.38. The average molecular weight is 333 g/mol. The zero-order chi connectivity index (χ0) is 16.7. The van der Waals surface area contributed by atoms with Crippen LogP contribution in [0.15, 0.2) is 30.3 Å². The van der Waals surface area contributed by atoms with Gasteiger partial charge in [-0.15, -0.1) is 0 Å². The summed E-state index contributed by atoms with van der Waals surface area (Å²) < 4.78 is 23.3. The predicted molar refractivity (Wildman–Crippen MR) is 85.1 cm³/mol. The van der Waals surface area contributed by atoms with Crippen LogP contribution in [0.3, 0.4) is 0 Å². The van der Waals surface area contributed by atoms with Gasteiger partial charge in [0.1, 0.15) is 12.7 Å². The number of rotatable bonds is 2. The second-order valence-electron chi connectivity index (χ2n) is 7.01. The molecule has 6 heteroatoms. The van der Waals surface area contributed by atoms with E-state index in [0.717, 1.165) is 18.4 Å². The Hall–Kier alpha value is -1.63. The summed E-state index contributed by atoms with van der Waals surface area (Å²) in [6, 6.07) is 9.54. The fraction of sp³-hybridized carbons (Fsp3) is 0.611. The molecule has 3 fully saturated rings. The van der Waals surface area contributed by atoms with E-state index in [1.807, 2.05) is 44.2 Å². The molecule has 4 atom stereocenters. The summed E-state index contributed by atoms with van der Waals surface area (Å²) in [6.07, 6.45) is 0.782. The summed E-state index contributed by atoms with van der Waals surface area (Å²) in [6.45, 7) is 4.66. The lowest BCUT2D eigenvalue weighted by Crippen LogP contribution is -2.54. The van der Waals surface area contributed by atoms with Crippen LogP contribution >= 0.6 is 0 Å². The molecule has 0 saturated carbocycles. The van der Waals surface area contributed by atoms with Crippen molar-refractivity contribution in [1.29, 1.82) is 0 Å². The molecule has 3 aliphatic heterocycles. The number of benzene rings is 1. The van der Waals surface area contributed by atoms with E-state index in [-0.39, 0.29) is 30.9 Å². The third kappa shape index (κ3) is 2.90. The highest BCUT2D eigenvalue weighted by Crippen LogP contribution is 2.42. The van der Waals surface area contributed by atoms with Gasteiger partial charge in [-0.25, -0.2) is 4.79 Å². The first-order valence-corrected chi connectivity index (χ1v) is 8.52. The molecule has 1 aromatic rings. The molecule has 4 rings (SSSR count). The van der Waals surface area contributed by atoms with Crippen molar-refractivity contribution in [3.05, 3.63) is 35.9 Å². The van der Waals surface area contributed by atoms with E-state index in [1.54, 1.807) is 4.90 Å². The van der Waals surface area contributed by atoms with Crippen LogP contribution in [-0.2, 0) is 25.6 Å². The van der Waals surface area contributed by atoms with E-state index in [9.17, 15) is 4.79 Å². The number of likely N-dealkylation sites (tertiary alicyclic amines) is 1. The first kappa shape index (κ1) is 15.9. The van der Waals surface area contributed by atoms with Gasteiger partial charge in [-0.1, -0.05) is 30.3 Å². The molecule has 0 bridgehead atoms. The van der Waals surface area contributed by atoms with Gasteiger partial charge in [-0.05, 0) is 32.3 Å². The minimum absolute atomic E-state index is 0.0471. The van der Waals surface area contributed by atoms with Gasteiger partial charge in [0, 0.05) is 6.54 Å². The summed E-state index contributed by atoms with van der Waals surface area (Å²) in [5.74, 6) is -0.683. The standard InChI is InChI=1S/C18H23NO5/c1-18(2)23-15-14-13(22-16(15)24-18)9-6-10-19(14)17(20)21-11-12-7-4-3-5-8-12/h3-5,7-8,13-16H,6,9-11H2,1-2H3/t13-,14+,15-,16-/m1/s1. The Kier molecular flexibility index (Phi) is 3.98. The SMILES string of the molecule is CC1(C)O[C@H]2O[C@@H]3CCCN(C(=O)OCc4ccccc4)[C@@H]3[C@H]2O1. The van der Waals surface area contributed by atoms with E-state index >= 15 is 0 Å². The number of hydrogen-bond donors (Lipinski definition) is 0. The Morgan fingerprint density at radius 3 is 2.88 bits per heavy atom. The second kappa shape index (κ2) is 6.02. The zero-order valence-electron chi connectivity index (χ0n) is 14.0. The number of piperidine rings is 1. The molecule has 0 N–H and O–H groups in total. The van der Waals surface area contributed by atoms with Crippen LogP contribution in [0, 0.1) is 0 Å². The highest BCUT2D eigenvalue weighted by atomic mass is 16.8. The monoisotopic (exact) mass is 333 g/mol. The normalized spacial score (nSPS) is 33.8. The number of carbonyl (C=O) groups excluding carboxylic acids is 1. The molecule has 130 valence electrons. The Morgan fingerprint density at radius 2 is 2.08 bits per heavy atom. The third-order valence-corrected chi connectivity index (χ3v) is 4.80. The minimum Gasteiger partial charge on any atom is -0.445 e. The Morgan fingerprint density at radius 1 is 1.29 bits per heavy atom. The predicted octanol–water partition coefficient (Wildman–Crippen LogP) is 2.66. The van der Waals surface area contributed by atoms with Gasteiger partial charge in [-0.2, -0.15) is 0 Å². The highest BCUT2D eigenvalue weighted by Gasteiger charge is 2.58. The van der Waals surface area contributed by atoms with Crippen molar-refractivity contribution in [2.24, 2.45) is 0 Å². The molecule has 6 nitrogen and oxygen atoms in total. The summed E-state index contributed by atoms with van der Waals surface area (Å²) in [5, 5.41) is 0. The largest absolute Gasteiger partial charge is 0.445 e. The van der Waals surface area contributed by atoms with Crippen LogP contribution in [-0.4, -0.2) is 47.9 Å². The molecule has 1 aromatic carbocycles. The molecular weight excluding hydrogens is 310 g/mol. The van der Waals surface area contributed by atoms with Gasteiger partial charge in [-0.3, -0.25) is 4.90 Å². The van der Waals surface area contributed by atoms with Crippen LogP contribution in [0.5, 0.6) is 0 Å². The van der Waals surface area contributed by atoms with E-state index in [1.165, 1.54) is 0 Å². The smallest absolute Gasteiger partial charge is 0.410 e. The van der Waals surface area contributed by atoms with Gasteiger partial charge in [0.05, 0.1) is 12.1 Å². The topological polar surface area (TPSA) is 57.2 Å². The maximum Gasteiger partial charge on any atom is 0.410 e. The van der Waals surface area contributed by atoms with Crippen molar-refractivity contribution in [2.75, 3.05) is 6.54 Å². The first-order chi connectivity index (χ1) is 11.5. The molecule has 1 amide bonds. The molecule has 0 unspecified atom stereocenters. The molecule has 0 aliphatic carbocycles. The Labute approximate surface area is 141 Å². The van der Waals surface area contributed by atoms with E-state index in [0.29, 0.717) is 6.54 Å². The van der Waals surface area contributed by atoms with E-state index < -0.39 is 12.1 Å². The van der Waals surface area contributed by atoms with Crippen LogP contribution in [0.1, 0.15) is 32.3 Å². The lowest BCUT2D eigenvalue weighted by atomic mass is 9.97. The summed E-state index contributed by atoms with van der Waals surface area (Å²) >= 11 is 0. The third-order valence-electron chi connectivity index (χ3n) is 4.80. The van der Waals surface area contributed by atoms with Crippen LogP contribution in [0.2, 0.25) is 0 Å². The minimum atomic E-state index is -0.683. The van der Waals surface area contributed by atoms with Gasteiger partial charge in [0.25, 0.3) is 0 Å². The summed E-state index contributed by atoms with van der Waals surface area (Å²) in [4.78, 5) is 14.4. The van der Waals surface area contributed by atoms with Crippen molar-refractivity contribution < 1.29 is 23.7 Å². The van der Waals surface area contributed by atoms with Crippen LogP contribution < -0.4 is 0 Å². The Balaban J connectivity index is 1.45. The number of carbonyl (C=O) groups is 1. The fourth-order valence-corrected chi connectivity index (χ4v) is 3.80. The first-order valence-electron chi connectivity index (χ1n) is 8.52. The molecule has 0 aromatic heterocycles. The van der Waals surface area contributed by atoms with Crippen molar-refractivity contribution >= 4 is 6.09 Å². The summed E-state index contributed by atoms with van der Waals surface area (Å²) in [7, 11) is 0. The molecule has 3 aliphatic rings. The number of ether oxygens (including phenoxy) is 4. The number of hydrogen-bond acceptors (Lipinski definition) is 5. The molecule has 3 heterocycles. The van der Waals surface area contributed by atoms with Crippen molar-refractivity contribution in [1.82, 2.24) is 4.90 Å². The second-order valence-corrected chi connectivity index (χ2v) is 7.01. The molecule has 0 radical (unpaired) electrons. The van der Waals surface area contributed by atoms with Crippen molar-refractivity contribution in [3.8, 4) is 0 Å². The fourth-order valence-electron chi connectivity index (χ4n) is 3.80. The molecule has 24 heavy (non-hydrogen) atoms. The maximum atomic E-state index is 12.6. The Bertz CT molecular complexity index is 605. The maximum absolute atomic E-state index is 12.6.